The molecule has 6 heteroatoms. The van der Waals surface area contributed by atoms with E-state index in [4.69, 9.17) is 0 Å². The van der Waals surface area contributed by atoms with Gasteiger partial charge in [-0.15, -0.1) is 12.4 Å². The standard InChI is InChI=1S/C15H19N3O2.ClH/c1-11-15(20)16-12-6-2-3-7-13(12)18(11)14(19)10-17-8-4-5-9-17;/h2-3,6-7,11H,4-5,8-10H2,1H3,(H,16,20);1H. The smallest absolute Gasteiger partial charge is 0.247 e. The van der Waals surface area contributed by atoms with Crippen LogP contribution in [-0.2, 0) is 9.59 Å². The highest BCUT2D eigenvalue weighted by Gasteiger charge is 2.34. The first kappa shape index (κ1) is 15.8. The Morgan fingerprint density at radius 1 is 1.29 bits per heavy atom. The number of hydrogen-bond donors (Lipinski definition) is 1. The highest BCUT2D eigenvalue weighted by molar-refractivity contribution is 6.12. The van der Waals surface area contributed by atoms with Crippen molar-refractivity contribution in [1.29, 1.82) is 0 Å². The lowest BCUT2D eigenvalue weighted by molar-refractivity contribution is -0.124. The summed E-state index contributed by atoms with van der Waals surface area (Å²) in [5.74, 6) is -0.125. The molecular formula is C15H20ClN3O2. The Bertz CT molecular complexity index is 543. The summed E-state index contributed by atoms with van der Waals surface area (Å²) >= 11 is 0. The number of rotatable bonds is 2. The number of anilines is 2. The molecule has 1 atom stereocenters. The number of halogens is 1. The second-order valence-corrected chi connectivity index (χ2v) is 5.43. The van der Waals surface area contributed by atoms with Crippen molar-refractivity contribution in [3.8, 4) is 0 Å². The molecule has 1 aromatic rings. The van der Waals surface area contributed by atoms with E-state index in [1.165, 1.54) is 0 Å². The molecule has 0 aromatic heterocycles. The Morgan fingerprint density at radius 3 is 2.67 bits per heavy atom. The van der Waals surface area contributed by atoms with Gasteiger partial charge in [-0.05, 0) is 45.0 Å². The van der Waals surface area contributed by atoms with E-state index in [9.17, 15) is 9.59 Å². The van der Waals surface area contributed by atoms with Gasteiger partial charge >= 0.3 is 0 Å². The second-order valence-electron chi connectivity index (χ2n) is 5.43. The first-order chi connectivity index (χ1) is 9.66. The van der Waals surface area contributed by atoms with Gasteiger partial charge in [0.25, 0.3) is 0 Å². The Hall–Kier alpha value is -1.59. The van der Waals surface area contributed by atoms with Gasteiger partial charge in [0.2, 0.25) is 11.8 Å². The maximum atomic E-state index is 12.6. The predicted molar refractivity (Wildman–Crippen MR) is 84.9 cm³/mol. The maximum absolute atomic E-state index is 12.6. The third kappa shape index (κ3) is 3.04. The molecule has 2 amide bonds. The fraction of sp³-hybridized carbons (Fsp3) is 0.467. The van der Waals surface area contributed by atoms with Gasteiger partial charge in [-0.3, -0.25) is 19.4 Å². The minimum absolute atomic E-state index is 0. The Kier molecular flexibility index (Phi) is 4.85. The molecular weight excluding hydrogens is 290 g/mol. The van der Waals surface area contributed by atoms with Crippen molar-refractivity contribution in [2.24, 2.45) is 0 Å². The Morgan fingerprint density at radius 2 is 1.95 bits per heavy atom. The van der Waals surface area contributed by atoms with Crippen molar-refractivity contribution in [2.45, 2.75) is 25.8 Å². The molecule has 2 aliphatic rings. The van der Waals surface area contributed by atoms with Crippen LogP contribution in [0.1, 0.15) is 19.8 Å². The van der Waals surface area contributed by atoms with Gasteiger partial charge in [-0.25, -0.2) is 0 Å². The SMILES string of the molecule is CC1C(=O)Nc2ccccc2N1C(=O)CN1CCCC1.Cl. The average Bonchev–Trinajstić information content (AvgIpc) is 2.93. The second kappa shape index (κ2) is 6.45. The average molecular weight is 310 g/mol. The number of nitrogens with one attached hydrogen (secondary N) is 1. The van der Waals surface area contributed by atoms with Crippen molar-refractivity contribution < 1.29 is 9.59 Å². The summed E-state index contributed by atoms with van der Waals surface area (Å²) in [4.78, 5) is 28.4. The van der Waals surface area contributed by atoms with Gasteiger partial charge in [0.05, 0.1) is 17.9 Å². The van der Waals surface area contributed by atoms with E-state index in [1.54, 1.807) is 11.8 Å². The van der Waals surface area contributed by atoms with Crippen LogP contribution in [0.4, 0.5) is 11.4 Å². The summed E-state index contributed by atoms with van der Waals surface area (Å²) in [6, 6.07) is 7.00. The first-order valence-corrected chi connectivity index (χ1v) is 7.11. The number of fused-ring (bicyclic) bond motifs is 1. The van der Waals surface area contributed by atoms with Crippen LogP contribution >= 0.6 is 12.4 Å². The quantitative estimate of drug-likeness (QED) is 0.907. The minimum atomic E-state index is -0.458. The van der Waals surface area contributed by atoms with Gasteiger partial charge in [0.1, 0.15) is 6.04 Å². The number of carbonyl (C=O) groups excluding carboxylic acids is 2. The largest absolute Gasteiger partial charge is 0.322 e. The zero-order valence-electron chi connectivity index (χ0n) is 12.0. The number of carbonyl (C=O) groups is 2. The fourth-order valence-corrected chi connectivity index (χ4v) is 2.91. The molecule has 0 saturated carbocycles. The predicted octanol–water partition coefficient (Wildman–Crippen LogP) is 1.88. The van der Waals surface area contributed by atoms with Crippen molar-refractivity contribution >= 4 is 35.6 Å². The molecule has 1 aromatic carbocycles. The fourth-order valence-electron chi connectivity index (χ4n) is 2.91. The summed E-state index contributed by atoms with van der Waals surface area (Å²) in [5, 5.41) is 2.84. The lowest BCUT2D eigenvalue weighted by Gasteiger charge is -2.35. The molecule has 2 heterocycles. The number of benzene rings is 1. The van der Waals surface area contributed by atoms with Crippen LogP contribution in [0, 0.1) is 0 Å². The Labute approximate surface area is 130 Å². The van der Waals surface area contributed by atoms with Crippen molar-refractivity contribution in [3.63, 3.8) is 0 Å². The van der Waals surface area contributed by atoms with E-state index in [1.807, 2.05) is 24.3 Å². The van der Waals surface area contributed by atoms with Crippen LogP contribution in [0.3, 0.4) is 0 Å². The highest BCUT2D eigenvalue weighted by atomic mass is 35.5. The number of nitrogens with zero attached hydrogens (tertiary/aromatic N) is 2. The molecule has 0 bridgehead atoms. The molecule has 1 saturated heterocycles. The van der Waals surface area contributed by atoms with Crippen molar-refractivity contribution in [1.82, 2.24) is 4.90 Å². The van der Waals surface area contributed by atoms with Crippen LogP contribution in [-0.4, -0.2) is 42.4 Å². The summed E-state index contributed by atoms with van der Waals surface area (Å²) in [7, 11) is 0. The molecule has 0 aliphatic carbocycles. The monoisotopic (exact) mass is 309 g/mol. The van der Waals surface area contributed by atoms with E-state index >= 15 is 0 Å². The third-order valence-corrected chi connectivity index (χ3v) is 4.01. The number of likely N-dealkylation sites (tertiary alicyclic amines) is 1. The summed E-state index contributed by atoms with van der Waals surface area (Å²) in [6.45, 7) is 4.11. The van der Waals surface area contributed by atoms with Crippen LogP contribution in [0.25, 0.3) is 0 Å². The molecule has 1 N–H and O–H groups in total. The van der Waals surface area contributed by atoms with E-state index in [2.05, 4.69) is 10.2 Å². The zero-order valence-corrected chi connectivity index (χ0v) is 12.9. The summed E-state index contributed by atoms with van der Waals surface area (Å²) in [6.07, 6.45) is 2.31. The van der Waals surface area contributed by atoms with E-state index < -0.39 is 6.04 Å². The maximum Gasteiger partial charge on any atom is 0.247 e. The molecule has 0 radical (unpaired) electrons. The molecule has 5 nitrogen and oxygen atoms in total. The lowest BCUT2D eigenvalue weighted by atomic mass is 10.1. The summed E-state index contributed by atoms with van der Waals surface area (Å²) in [5.41, 5.74) is 1.51. The van der Waals surface area contributed by atoms with Gasteiger partial charge < -0.3 is 5.32 Å². The Balaban J connectivity index is 0.00000161. The van der Waals surface area contributed by atoms with E-state index in [-0.39, 0.29) is 24.2 Å². The minimum Gasteiger partial charge on any atom is -0.322 e. The molecule has 3 rings (SSSR count). The third-order valence-electron chi connectivity index (χ3n) is 4.01. The van der Waals surface area contributed by atoms with Crippen LogP contribution < -0.4 is 10.2 Å². The molecule has 0 spiro atoms. The zero-order chi connectivity index (χ0) is 14.1. The van der Waals surface area contributed by atoms with Crippen molar-refractivity contribution in [2.75, 3.05) is 29.9 Å². The molecule has 114 valence electrons. The topological polar surface area (TPSA) is 52.7 Å². The molecule has 2 aliphatic heterocycles. The van der Waals surface area contributed by atoms with E-state index in [0.29, 0.717) is 12.2 Å². The van der Waals surface area contributed by atoms with Gasteiger partial charge in [-0.1, -0.05) is 12.1 Å². The lowest BCUT2D eigenvalue weighted by Crippen LogP contribution is -2.52. The normalized spacial score (nSPS) is 21.5. The van der Waals surface area contributed by atoms with Gasteiger partial charge in [-0.2, -0.15) is 0 Å². The molecule has 21 heavy (non-hydrogen) atoms. The first-order valence-electron chi connectivity index (χ1n) is 7.11. The van der Waals surface area contributed by atoms with Crippen LogP contribution in [0.2, 0.25) is 0 Å². The van der Waals surface area contributed by atoms with E-state index in [0.717, 1.165) is 31.6 Å². The van der Waals surface area contributed by atoms with Crippen LogP contribution in [0.5, 0.6) is 0 Å². The van der Waals surface area contributed by atoms with Crippen LogP contribution in [0.15, 0.2) is 24.3 Å². The van der Waals surface area contributed by atoms with Gasteiger partial charge in [0.15, 0.2) is 0 Å². The molecule has 1 fully saturated rings. The van der Waals surface area contributed by atoms with Gasteiger partial charge in [0, 0.05) is 0 Å². The highest BCUT2D eigenvalue weighted by Crippen LogP contribution is 2.31. The van der Waals surface area contributed by atoms with Crippen molar-refractivity contribution in [3.05, 3.63) is 24.3 Å². The number of para-hydroxylation sites is 2. The number of amides is 2. The number of hydrogen-bond acceptors (Lipinski definition) is 3. The summed E-state index contributed by atoms with van der Waals surface area (Å²) < 4.78 is 0. The molecule has 1 unspecified atom stereocenters.